The number of carbonyl (C=O) groups excluding carboxylic acids is 1. The Bertz CT molecular complexity index is 629. The first-order valence-corrected chi connectivity index (χ1v) is 7.45. The van der Waals surface area contributed by atoms with E-state index in [1.54, 1.807) is 14.2 Å². The number of ether oxygens (including phenoxy) is 2. The SMILES string of the molecule is COc1ccc(CNCC(=O)NCc2ccccc2)cc1OC. The Morgan fingerprint density at radius 2 is 1.65 bits per heavy atom. The van der Waals surface area contributed by atoms with E-state index in [4.69, 9.17) is 9.47 Å². The van der Waals surface area contributed by atoms with E-state index in [-0.39, 0.29) is 12.5 Å². The summed E-state index contributed by atoms with van der Waals surface area (Å²) in [5.41, 5.74) is 2.11. The van der Waals surface area contributed by atoms with Crippen LogP contribution in [0.2, 0.25) is 0 Å². The summed E-state index contributed by atoms with van der Waals surface area (Å²) in [6, 6.07) is 15.5. The molecule has 23 heavy (non-hydrogen) atoms. The van der Waals surface area contributed by atoms with Gasteiger partial charge >= 0.3 is 0 Å². The average molecular weight is 314 g/mol. The Hall–Kier alpha value is -2.53. The molecule has 2 aromatic carbocycles. The highest BCUT2D eigenvalue weighted by Gasteiger charge is 2.05. The molecule has 0 unspecified atom stereocenters. The lowest BCUT2D eigenvalue weighted by molar-refractivity contribution is -0.120. The topological polar surface area (TPSA) is 59.6 Å². The normalized spacial score (nSPS) is 10.2. The van der Waals surface area contributed by atoms with Gasteiger partial charge in [0.25, 0.3) is 0 Å². The van der Waals surface area contributed by atoms with E-state index >= 15 is 0 Å². The number of hydrogen-bond donors (Lipinski definition) is 2. The van der Waals surface area contributed by atoms with Gasteiger partial charge in [-0.15, -0.1) is 0 Å². The van der Waals surface area contributed by atoms with Crippen LogP contribution >= 0.6 is 0 Å². The van der Waals surface area contributed by atoms with Gasteiger partial charge in [0.2, 0.25) is 5.91 Å². The monoisotopic (exact) mass is 314 g/mol. The lowest BCUT2D eigenvalue weighted by Crippen LogP contribution is -2.33. The van der Waals surface area contributed by atoms with Gasteiger partial charge in [-0.05, 0) is 23.3 Å². The van der Waals surface area contributed by atoms with Crippen molar-refractivity contribution in [2.45, 2.75) is 13.1 Å². The van der Waals surface area contributed by atoms with Crippen molar-refractivity contribution in [3.63, 3.8) is 0 Å². The number of amides is 1. The Labute approximate surface area is 136 Å². The van der Waals surface area contributed by atoms with Crippen LogP contribution < -0.4 is 20.1 Å². The maximum atomic E-state index is 11.8. The quantitative estimate of drug-likeness (QED) is 0.783. The molecule has 0 aromatic heterocycles. The molecule has 5 nitrogen and oxygen atoms in total. The third kappa shape index (κ3) is 5.30. The Morgan fingerprint density at radius 3 is 2.35 bits per heavy atom. The van der Waals surface area contributed by atoms with Crippen LogP contribution in [0.25, 0.3) is 0 Å². The smallest absolute Gasteiger partial charge is 0.234 e. The Morgan fingerprint density at radius 1 is 0.913 bits per heavy atom. The van der Waals surface area contributed by atoms with Gasteiger partial charge in [0.05, 0.1) is 20.8 Å². The highest BCUT2D eigenvalue weighted by molar-refractivity contribution is 5.77. The zero-order chi connectivity index (χ0) is 16.5. The second-order valence-corrected chi connectivity index (χ2v) is 5.06. The fourth-order valence-electron chi connectivity index (χ4n) is 2.17. The third-order valence-electron chi connectivity index (χ3n) is 3.40. The second-order valence-electron chi connectivity index (χ2n) is 5.06. The minimum absolute atomic E-state index is 0.0330. The number of nitrogens with one attached hydrogen (secondary N) is 2. The van der Waals surface area contributed by atoms with Crippen molar-refractivity contribution in [2.75, 3.05) is 20.8 Å². The first-order chi connectivity index (χ1) is 11.2. The van der Waals surface area contributed by atoms with Gasteiger partial charge in [0.1, 0.15) is 0 Å². The minimum Gasteiger partial charge on any atom is -0.493 e. The molecule has 0 aliphatic rings. The first-order valence-electron chi connectivity index (χ1n) is 7.45. The highest BCUT2D eigenvalue weighted by Crippen LogP contribution is 2.27. The van der Waals surface area contributed by atoms with Crippen LogP contribution in [0.15, 0.2) is 48.5 Å². The van der Waals surface area contributed by atoms with Gasteiger partial charge in [0, 0.05) is 13.1 Å². The van der Waals surface area contributed by atoms with E-state index in [1.807, 2.05) is 48.5 Å². The summed E-state index contributed by atoms with van der Waals surface area (Å²) < 4.78 is 10.5. The Kier molecular flexibility index (Phi) is 6.44. The van der Waals surface area contributed by atoms with E-state index in [0.717, 1.165) is 11.1 Å². The van der Waals surface area contributed by atoms with E-state index in [0.29, 0.717) is 24.6 Å². The van der Waals surface area contributed by atoms with Crippen LogP contribution in [0, 0.1) is 0 Å². The van der Waals surface area contributed by atoms with Gasteiger partial charge in [-0.25, -0.2) is 0 Å². The molecule has 2 aromatic rings. The molecule has 0 spiro atoms. The van der Waals surface area contributed by atoms with Crippen molar-refractivity contribution >= 4 is 5.91 Å². The summed E-state index contributed by atoms with van der Waals surface area (Å²) in [6.07, 6.45) is 0. The Balaban J connectivity index is 1.75. The van der Waals surface area contributed by atoms with Gasteiger partial charge in [-0.3, -0.25) is 4.79 Å². The van der Waals surface area contributed by atoms with Crippen LogP contribution in [-0.2, 0) is 17.9 Å². The number of methoxy groups -OCH3 is 2. The molecule has 0 fully saturated rings. The molecule has 0 heterocycles. The summed E-state index contributed by atoms with van der Waals surface area (Å²) in [5, 5.41) is 6.00. The van der Waals surface area contributed by atoms with E-state index in [9.17, 15) is 4.79 Å². The lowest BCUT2D eigenvalue weighted by atomic mass is 10.2. The van der Waals surface area contributed by atoms with Crippen molar-refractivity contribution < 1.29 is 14.3 Å². The standard InChI is InChI=1S/C18H22N2O3/c1-22-16-9-8-15(10-17(16)23-2)11-19-13-18(21)20-12-14-6-4-3-5-7-14/h3-10,19H,11-13H2,1-2H3,(H,20,21). The molecular formula is C18H22N2O3. The molecule has 0 bridgehead atoms. The van der Waals surface area contributed by atoms with E-state index < -0.39 is 0 Å². The molecule has 0 saturated heterocycles. The van der Waals surface area contributed by atoms with Gasteiger partial charge in [0.15, 0.2) is 11.5 Å². The summed E-state index contributed by atoms with van der Waals surface area (Å²) in [5.74, 6) is 1.34. The molecule has 122 valence electrons. The molecule has 2 rings (SSSR count). The van der Waals surface area contributed by atoms with Gasteiger partial charge in [-0.1, -0.05) is 36.4 Å². The van der Waals surface area contributed by atoms with Crippen molar-refractivity contribution in [2.24, 2.45) is 0 Å². The average Bonchev–Trinajstić information content (AvgIpc) is 2.60. The van der Waals surface area contributed by atoms with E-state index in [1.165, 1.54) is 0 Å². The molecule has 0 atom stereocenters. The predicted molar refractivity (Wildman–Crippen MR) is 89.5 cm³/mol. The number of carbonyl (C=O) groups is 1. The summed E-state index contributed by atoms with van der Waals surface area (Å²) >= 11 is 0. The molecule has 0 radical (unpaired) electrons. The van der Waals surface area contributed by atoms with Crippen LogP contribution in [0.4, 0.5) is 0 Å². The second kappa shape index (κ2) is 8.80. The van der Waals surface area contributed by atoms with Gasteiger partial charge in [-0.2, -0.15) is 0 Å². The molecule has 0 aliphatic heterocycles. The predicted octanol–water partition coefficient (Wildman–Crippen LogP) is 2.11. The van der Waals surface area contributed by atoms with Crippen molar-refractivity contribution in [1.82, 2.24) is 10.6 Å². The van der Waals surface area contributed by atoms with Crippen LogP contribution in [0.3, 0.4) is 0 Å². The van der Waals surface area contributed by atoms with Crippen molar-refractivity contribution in [1.29, 1.82) is 0 Å². The molecule has 0 saturated carbocycles. The van der Waals surface area contributed by atoms with Crippen LogP contribution in [-0.4, -0.2) is 26.7 Å². The molecule has 0 aliphatic carbocycles. The summed E-state index contributed by atoms with van der Waals surface area (Å²) in [7, 11) is 3.21. The van der Waals surface area contributed by atoms with E-state index in [2.05, 4.69) is 10.6 Å². The number of rotatable bonds is 8. The fourth-order valence-corrected chi connectivity index (χ4v) is 2.17. The summed E-state index contributed by atoms with van der Waals surface area (Å²) in [4.78, 5) is 11.8. The third-order valence-corrected chi connectivity index (χ3v) is 3.40. The fraction of sp³-hybridized carbons (Fsp3) is 0.278. The zero-order valence-electron chi connectivity index (χ0n) is 13.5. The van der Waals surface area contributed by atoms with Crippen LogP contribution in [0.5, 0.6) is 11.5 Å². The van der Waals surface area contributed by atoms with Crippen molar-refractivity contribution in [3.05, 3.63) is 59.7 Å². The van der Waals surface area contributed by atoms with Crippen molar-refractivity contribution in [3.8, 4) is 11.5 Å². The highest BCUT2D eigenvalue weighted by atomic mass is 16.5. The lowest BCUT2D eigenvalue weighted by Gasteiger charge is -2.10. The number of benzene rings is 2. The number of hydrogen-bond acceptors (Lipinski definition) is 4. The molecule has 5 heteroatoms. The molecule has 2 N–H and O–H groups in total. The molecular weight excluding hydrogens is 292 g/mol. The summed E-state index contributed by atoms with van der Waals surface area (Å²) in [6.45, 7) is 1.39. The van der Waals surface area contributed by atoms with Gasteiger partial charge < -0.3 is 20.1 Å². The maximum Gasteiger partial charge on any atom is 0.234 e. The maximum absolute atomic E-state index is 11.8. The minimum atomic E-state index is -0.0330. The largest absolute Gasteiger partial charge is 0.493 e. The zero-order valence-corrected chi connectivity index (χ0v) is 13.5. The van der Waals surface area contributed by atoms with Crippen LogP contribution in [0.1, 0.15) is 11.1 Å². The first kappa shape index (κ1) is 16.8. The molecule has 1 amide bonds.